The standard InChI is InChI=1S/C35H53N4O7P/c1-4-5-6-7-8-9-10-11-12-13-14-15-16-17-18-19-20-21-22-23-32(40)36-26-27-37-47(43,44-3)45-29-31-24-25-33(46-31)39-28-30(2)34(41)38-35(39)42/h5-6,8-9,11-12,14-15,17-18,20-21,28,31,33H,4,7,10,13,16,19,22-27,29H2,1-3H3,(H,36,40)(H,37,43)(H,38,41,42)/b6-5-,9-8-,12-11-,15-14-,18-17-,21-20-. The van der Waals surface area contributed by atoms with Gasteiger partial charge in [-0.1, -0.05) is 79.8 Å². The molecule has 1 fully saturated rings. The molecule has 1 aliphatic heterocycles. The zero-order valence-electron chi connectivity index (χ0n) is 28.1. The minimum atomic E-state index is -3.61. The van der Waals surface area contributed by atoms with Gasteiger partial charge in [-0.3, -0.25) is 23.7 Å². The highest BCUT2D eigenvalue weighted by molar-refractivity contribution is 7.51. The van der Waals surface area contributed by atoms with Gasteiger partial charge in [0.2, 0.25) is 5.91 Å². The van der Waals surface area contributed by atoms with E-state index in [9.17, 15) is 18.9 Å². The van der Waals surface area contributed by atoms with E-state index in [0.29, 0.717) is 31.2 Å². The Kier molecular flexibility index (Phi) is 20.3. The summed E-state index contributed by atoms with van der Waals surface area (Å²) in [5.41, 5.74) is -0.574. The minimum Gasteiger partial charge on any atom is -0.355 e. The molecule has 11 nitrogen and oxygen atoms in total. The molecule has 1 aromatic rings. The minimum absolute atomic E-state index is 0.00990. The number of aromatic amines is 1. The molecule has 3 unspecified atom stereocenters. The van der Waals surface area contributed by atoms with Gasteiger partial charge in [0.15, 0.2) is 0 Å². The Morgan fingerprint density at radius 1 is 0.936 bits per heavy atom. The summed E-state index contributed by atoms with van der Waals surface area (Å²) in [5, 5.41) is 5.52. The molecule has 1 saturated heterocycles. The first-order chi connectivity index (χ1) is 22.8. The molecule has 2 heterocycles. The number of aryl methyl sites for hydroxylation is 1. The fourth-order valence-electron chi connectivity index (χ4n) is 4.50. The lowest BCUT2D eigenvalue weighted by molar-refractivity contribution is -0.120. The molecule has 2 rings (SSSR count). The summed E-state index contributed by atoms with van der Waals surface area (Å²) >= 11 is 0. The summed E-state index contributed by atoms with van der Waals surface area (Å²) in [6, 6.07) is 0. The fraction of sp³-hybridized carbons (Fsp3) is 0.514. The van der Waals surface area contributed by atoms with Crippen molar-refractivity contribution in [2.24, 2.45) is 0 Å². The van der Waals surface area contributed by atoms with Crippen molar-refractivity contribution in [1.29, 1.82) is 0 Å². The Labute approximate surface area is 279 Å². The molecule has 1 amide bonds. The molecule has 0 bridgehead atoms. The third-order valence-electron chi connectivity index (χ3n) is 7.10. The summed E-state index contributed by atoms with van der Waals surface area (Å²) in [5.74, 6) is -0.0994. The van der Waals surface area contributed by atoms with Crippen molar-refractivity contribution >= 4 is 13.7 Å². The van der Waals surface area contributed by atoms with E-state index in [4.69, 9.17) is 13.8 Å². The van der Waals surface area contributed by atoms with E-state index in [0.717, 1.165) is 38.5 Å². The molecule has 47 heavy (non-hydrogen) atoms. The van der Waals surface area contributed by atoms with Gasteiger partial charge in [-0.05, 0) is 64.7 Å². The molecule has 0 spiro atoms. The molecular formula is C35H53N4O7P. The van der Waals surface area contributed by atoms with Crippen molar-refractivity contribution < 1.29 is 23.1 Å². The zero-order chi connectivity index (χ0) is 34.2. The summed E-state index contributed by atoms with van der Waals surface area (Å²) < 4.78 is 30.7. The first-order valence-electron chi connectivity index (χ1n) is 16.5. The maximum absolute atomic E-state index is 12.9. The van der Waals surface area contributed by atoms with Crippen LogP contribution in [0.1, 0.15) is 82.9 Å². The second kappa shape index (κ2) is 23.9. The third kappa shape index (κ3) is 17.4. The van der Waals surface area contributed by atoms with E-state index >= 15 is 0 Å². The van der Waals surface area contributed by atoms with Gasteiger partial charge in [-0.15, -0.1) is 0 Å². The maximum Gasteiger partial charge on any atom is 0.405 e. The van der Waals surface area contributed by atoms with Crippen LogP contribution in [0.3, 0.4) is 0 Å². The maximum atomic E-state index is 12.9. The van der Waals surface area contributed by atoms with Crippen molar-refractivity contribution in [2.75, 3.05) is 26.8 Å². The number of H-pyrrole nitrogens is 1. The van der Waals surface area contributed by atoms with Crippen molar-refractivity contribution in [3.05, 3.63) is 106 Å². The highest BCUT2D eigenvalue weighted by Gasteiger charge is 2.31. The Balaban J connectivity index is 1.51. The predicted molar refractivity (Wildman–Crippen MR) is 188 cm³/mol. The van der Waals surface area contributed by atoms with Gasteiger partial charge in [0.1, 0.15) is 6.23 Å². The lowest BCUT2D eigenvalue weighted by Crippen LogP contribution is -2.33. The number of allylic oxidation sites excluding steroid dienone is 12. The topological polar surface area (TPSA) is 141 Å². The lowest BCUT2D eigenvalue weighted by Gasteiger charge is -2.20. The highest BCUT2D eigenvalue weighted by Crippen LogP contribution is 2.43. The number of ether oxygens (including phenoxy) is 1. The monoisotopic (exact) mass is 672 g/mol. The number of nitrogens with zero attached hydrogens (tertiary/aromatic N) is 1. The molecule has 12 heteroatoms. The van der Waals surface area contributed by atoms with Crippen LogP contribution < -0.4 is 21.7 Å². The van der Waals surface area contributed by atoms with Crippen LogP contribution in [0, 0.1) is 6.92 Å². The average Bonchev–Trinajstić information content (AvgIpc) is 3.54. The molecule has 260 valence electrons. The molecule has 1 aliphatic rings. The molecular weight excluding hydrogens is 619 g/mol. The Hall–Kier alpha value is -3.34. The smallest absolute Gasteiger partial charge is 0.355 e. The van der Waals surface area contributed by atoms with E-state index in [1.165, 1.54) is 17.9 Å². The van der Waals surface area contributed by atoms with Crippen LogP contribution in [0.2, 0.25) is 0 Å². The quantitative estimate of drug-likeness (QED) is 0.0682. The number of amides is 1. The van der Waals surface area contributed by atoms with Gasteiger partial charge in [-0.25, -0.2) is 14.4 Å². The second-order valence-corrected chi connectivity index (χ2v) is 12.9. The van der Waals surface area contributed by atoms with Crippen molar-refractivity contribution in [3.63, 3.8) is 0 Å². The number of hydrogen-bond acceptors (Lipinski definition) is 7. The molecule has 0 aromatic carbocycles. The van der Waals surface area contributed by atoms with Gasteiger partial charge < -0.3 is 14.6 Å². The van der Waals surface area contributed by atoms with Gasteiger partial charge in [-0.2, -0.15) is 0 Å². The fourth-order valence-corrected chi connectivity index (χ4v) is 5.57. The lowest BCUT2D eigenvalue weighted by atomic mass is 10.2. The predicted octanol–water partition coefficient (Wildman–Crippen LogP) is 6.48. The summed E-state index contributed by atoms with van der Waals surface area (Å²) in [6.45, 7) is 4.19. The number of aromatic nitrogens is 2. The van der Waals surface area contributed by atoms with Crippen molar-refractivity contribution in [3.8, 4) is 0 Å². The molecule has 0 aliphatic carbocycles. The summed E-state index contributed by atoms with van der Waals surface area (Å²) in [4.78, 5) is 38.1. The number of hydrogen-bond donors (Lipinski definition) is 3. The van der Waals surface area contributed by atoms with Crippen LogP contribution in [-0.4, -0.2) is 48.4 Å². The Morgan fingerprint density at radius 3 is 2.09 bits per heavy atom. The van der Waals surface area contributed by atoms with Crippen LogP contribution >= 0.6 is 7.75 Å². The van der Waals surface area contributed by atoms with Gasteiger partial charge in [0.05, 0.1) is 12.7 Å². The molecule has 1 aromatic heterocycles. The van der Waals surface area contributed by atoms with Crippen LogP contribution in [0.5, 0.6) is 0 Å². The zero-order valence-corrected chi connectivity index (χ0v) is 29.0. The van der Waals surface area contributed by atoms with Gasteiger partial charge in [0.25, 0.3) is 5.56 Å². The van der Waals surface area contributed by atoms with E-state index in [2.05, 4.69) is 83.1 Å². The van der Waals surface area contributed by atoms with E-state index in [-0.39, 0.29) is 25.6 Å². The first kappa shape index (κ1) is 39.8. The highest BCUT2D eigenvalue weighted by atomic mass is 31.2. The van der Waals surface area contributed by atoms with Crippen LogP contribution in [0.25, 0.3) is 0 Å². The normalized spacial score (nSPS) is 18.6. The van der Waals surface area contributed by atoms with Crippen molar-refractivity contribution in [1.82, 2.24) is 20.0 Å². The number of nitrogens with one attached hydrogen (secondary N) is 3. The summed E-state index contributed by atoms with van der Waals surface area (Å²) in [7, 11) is -2.33. The van der Waals surface area contributed by atoms with E-state index in [1.807, 2.05) is 12.2 Å². The summed E-state index contributed by atoms with van der Waals surface area (Å²) in [6.07, 6.45) is 34.1. The third-order valence-corrected chi connectivity index (χ3v) is 8.68. The second-order valence-electron chi connectivity index (χ2n) is 11.0. The van der Waals surface area contributed by atoms with Gasteiger partial charge in [0, 0.05) is 38.4 Å². The number of carbonyl (C=O) groups excluding carboxylic acids is 1. The largest absolute Gasteiger partial charge is 0.405 e. The molecule has 3 atom stereocenters. The Morgan fingerprint density at radius 2 is 1.51 bits per heavy atom. The SMILES string of the molecule is CC/C=C\C/C=C\C/C=C\C/C=C\C/C=C\C/C=C\CCC(=O)NCCNP(=O)(OC)OCC1CCC(n2cc(C)c(=O)[nH]c2=O)O1. The van der Waals surface area contributed by atoms with Gasteiger partial charge >= 0.3 is 13.4 Å². The van der Waals surface area contributed by atoms with E-state index < -0.39 is 31.3 Å². The molecule has 0 radical (unpaired) electrons. The van der Waals surface area contributed by atoms with E-state index in [1.54, 1.807) is 6.92 Å². The van der Waals surface area contributed by atoms with Crippen LogP contribution in [-0.2, 0) is 23.1 Å². The molecule has 0 saturated carbocycles. The Bertz CT molecular complexity index is 1410. The number of carbonyl (C=O) groups is 1. The number of rotatable bonds is 23. The van der Waals surface area contributed by atoms with Crippen LogP contribution in [0.15, 0.2) is 88.7 Å². The first-order valence-corrected chi connectivity index (χ1v) is 18.0. The van der Waals surface area contributed by atoms with Crippen molar-refractivity contribution in [2.45, 2.75) is 90.4 Å². The van der Waals surface area contributed by atoms with Crippen LogP contribution in [0.4, 0.5) is 0 Å². The average molecular weight is 673 g/mol. The molecule has 3 N–H and O–H groups in total.